The van der Waals surface area contributed by atoms with Crippen LogP contribution in [0.25, 0.3) is 0 Å². The second-order valence-corrected chi connectivity index (χ2v) is 13.3. The quantitative estimate of drug-likeness (QED) is 0.476. The van der Waals surface area contributed by atoms with Gasteiger partial charge in [0.15, 0.2) is 0 Å². The summed E-state index contributed by atoms with van der Waals surface area (Å²) in [5.41, 5.74) is 2.47. The lowest BCUT2D eigenvalue weighted by molar-refractivity contribution is -0.138. The third-order valence-electron chi connectivity index (χ3n) is 8.91. The molecule has 0 saturated carbocycles. The van der Waals surface area contributed by atoms with Crippen molar-refractivity contribution in [3.63, 3.8) is 0 Å². The van der Waals surface area contributed by atoms with Crippen LogP contribution < -0.4 is 0 Å². The minimum atomic E-state index is -3.59. The smallest absolute Gasteiger partial charge is 0.248 e. The van der Waals surface area contributed by atoms with Gasteiger partial charge in [0.05, 0.1) is 11.5 Å². The third-order valence-corrected chi connectivity index (χ3v) is 10.9. The van der Waals surface area contributed by atoms with Crippen molar-refractivity contribution < 1.29 is 17.9 Å². The molecule has 39 heavy (non-hydrogen) atoms. The highest BCUT2D eigenvalue weighted by Gasteiger charge is 2.34. The molecule has 1 unspecified atom stereocenters. The summed E-state index contributed by atoms with van der Waals surface area (Å²) in [6.07, 6.45) is 9.33. The molecule has 0 radical (unpaired) electrons. The molecule has 3 aliphatic heterocycles. The van der Waals surface area contributed by atoms with Gasteiger partial charge in [0, 0.05) is 44.8 Å². The number of halogens is 2. The number of hydrogen-bond donors (Lipinski definition) is 0. The number of hydrogen-bond acceptors (Lipinski definition) is 6. The molecule has 1 aliphatic carbocycles. The number of aryl methyl sites for hydroxylation is 2. The summed E-state index contributed by atoms with van der Waals surface area (Å²) < 4.78 is 34.7. The van der Waals surface area contributed by atoms with Gasteiger partial charge in [-0.2, -0.15) is 4.31 Å². The number of rotatable bonds is 7. The molecular weight excluding hydrogens is 559 g/mol. The van der Waals surface area contributed by atoms with Crippen molar-refractivity contribution >= 4 is 40.7 Å². The second kappa shape index (κ2) is 14.8. The molecule has 8 nitrogen and oxygen atoms in total. The fourth-order valence-electron chi connectivity index (χ4n) is 6.53. The van der Waals surface area contributed by atoms with Crippen molar-refractivity contribution in [3.8, 4) is 0 Å². The van der Waals surface area contributed by atoms with Crippen LogP contribution in [0.15, 0.2) is 23.1 Å². The van der Waals surface area contributed by atoms with Gasteiger partial charge in [-0.1, -0.05) is 12.5 Å². The van der Waals surface area contributed by atoms with Crippen LogP contribution in [0.2, 0.25) is 0 Å². The first-order chi connectivity index (χ1) is 17.9. The van der Waals surface area contributed by atoms with Crippen LogP contribution in [-0.2, 0) is 32.4 Å². The van der Waals surface area contributed by atoms with Crippen LogP contribution in [0.3, 0.4) is 0 Å². The SMILES string of the molecule is CN1CCC(N2CCN(C(=O)COCC3CCCCN3S(=O)(=O)c3ccc4c(c3)CCCC4)CC2)CC1.Cl.Cl. The number of carbonyl (C=O) groups is 1. The maximum absolute atomic E-state index is 13.6. The summed E-state index contributed by atoms with van der Waals surface area (Å²) in [5.74, 6) is 0.0166. The Balaban J connectivity index is 0.00000210. The van der Waals surface area contributed by atoms with E-state index in [9.17, 15) is 13.2 Å². The lowest BCUT2D eigenvalue weighted by Crippen LogP contribution is -2.54. The fourth-order valence-corrected chi connectivity index (χ4v) is 8.26. The van der Waals surface area contributed by atoms with Crippen LogP contribution in [0.1, 0.15) is 56.1 Å². The number of benzene rings is 1. The van der Waals surface area contributed by atoms with Gasteiger partial charge in [-0.15, -0.1) is 24.8 Å². The molecule has 11 heteroatoms. The zero-order valence-corrected chi connectivity index (χ0v) is 25.7. The summed E-state index contributed by atoms with van der Waals surface area (Å²) >= 11 is 0. The Kier molecular flexibility index (Phi) is 12.4. The van der Waals surface area contributed by atoms with E-state index in [1.54, 1.807) is 10.4 Å². The number of piperazine rings is 1. The van der Waals surface area contributed by atoms with Crippen molar-refractivity contribution in [2.75, 3.05) is 66.1 Å². The van der Waals surface area contributed by atoms with Gasteiger partial charge in [0.2, 0.25) is 15.9 Å². The van der Waals surface area contributed by atoms with Crippen LogP contribution in [0.5, 0.6) is 0 Å². The molecule has 5 rings (SSSR count). The van der Waals surface area contributed by atoms with Gasteiger partial charge < -0.3 is 14.5 Å². The van der Waals surface area contributed by atoms with Gasteiger partial charge in [-0.25, -0.2) is 8.42 Å². The number of nitrogens with zero attached hydrogens (tertiary/aromatic N) is 4. The molecule has 4 aliphatic rings. The lowest BCUT2D eigenvalue weighted by atomic mass is 9.92. The molecule has 1 atom stereocenters. The highest BCUT2D eigenvalue weighted by atomic mass is 35.5. The molecule has 1 aromatic carbocycles. The lowest BCUT2D eigenvalue weighted by Gasteiger charge is -2.42. The number of fused-ring (bicyclic) bond motifs is 1. The summed E-state index contributed by atoms with van der Waals surface area (Å²) in [6.45, 7) is 6.46. The minimum absolute atomic E-state index is 0. The molecule has 0 N–H and O–H groups in total. The van der Waals surface area contributed by atoms with E-state index in [0.717, 1.165) is 77.8 Å². The largest absolute Gasteiger partial charge is 0.370 e. The van der Waals surface area contributed by atoms with Crippen LogP contribution >= 0.6 is 24.8 Å². The summed E-state index contributed by atoms with van der Waals surface area (Å²) in [7, 11) is -1.40. The van der Waals surface area contributed by atoms with E-state index in [1.165, 1.54) is 30.4 Å². The van der Waals surface area contributed by atoms with Crippen LogP contribution in [-0.4, -0.2) is 111 Å². The van der Waals surface area contributed by atoms with E-state index >= 15 is 0 Å². The predicted octanol–water partition coefficient (Wildman–Crippen LogP) is 3.21. The summed E-state index contributed by atoms with van der Waals surface area (Å²) in [5, 5.41) is 0. The molecule has 1 aromatic rings. The Bertz CT molecular complexity index is 1040. The zero-order valence-electron chi connectivity index (χ0n) is 23.3. The predicted molar refractivity (Wildman–Crippen MR) is 159 cm³/mol. The van der Waals surface area contributed by atoms with Crippen molar-refractivity contribution in [3.05, 3.63) is 29.3 Å². The first kappa shape index (κ1) is 32.6. The molecule has 0 spiro atoms. The highest BCUT2D eigenvalue weighted by Crippen LogP contribution is 2.29. The summed E-state index contributed by atoms with van der Waals surface area (Å²) in [6, 6.07) is 6.09. The average Bonchev–Trinajstić information content (AvgIpc) is 2.93. The van der Waals surface area contributed by atoms with Gasteiger partial charge in [0.1, 0.15) is 6.61 Å². The molecule has 0 bridgehead atoms. The van der Waals surface area contributed by atoms with E-state index in [-0.39, 0.29) is 50.0 Å². The van der Waals surface area contributed by atoms with Crippen LogP contribution in [0, 0.1) is 0 Å². The maximum atomic E-state index is 13.6. The van der Waals surface area contributed by atoms with E-state index in [0.29, 0.717) is 17.5 Å². The number of amides is 1. The standard InChI is InChI=1S/C28H44N4O4S.2ClH/c1-29-14-11-25(12-15-29)30-16-18-31(19-17-30)28(33)22-36-21-26-8-4-5-13-32(26)37(34,35)27-10-9-23-6-2-3-7-24(23)20-27;;/h9-10,20,25-26H,2-8,11-19,21-22H2,1H3;2*1H. The van der Waals surface area contributed by atoms with Gasteiger partial charge in [-0.3, -0.25) is 9.69 Å². The van der Waals surface area contributed by atoms with Gasteiger partial charge >= 0.3 is 0 Å². The Morgan fingerprint density at radius 1 is 0.872 bits per heavy atom. The molecular formula is C28H46Cl2N4O4S. The molecule has 222 valence electrons. The van der Waals surface area contributed by atoms with Crippen molar-refractivity contribution in [1.29, 1.82) is 0 Å². The number of piperidine rings is 2. The first-order valence-electron chi connectivity index (χ1n) is 14.3. The van der Waals surface area contributed by atoms with Crippen molar-refractivity contribution in [1.82, 2.24) is 19.0 Å². The number of carbonyl (C=O) groups excluding carboxylic acids is 1. The van der Waals surface area contributed by atoms with E-state index < -0.39 is 10.0 Å². The molecule has 0 aromatic heterocycles. The Hall–Kier alpha value is -0.940. The Labute approximate surface area is 247 Å². The maximum Gasteiger partial charge on any atom is 0.248 e. The monoisotopic (exact) mass is 604 g/mol. The zero-order chi connectivity index (χ0) is 25.8. The fraction of sp³-hybridized carbons (Fsp3) is 0.750. The molecule has 3 fully saturated rings. The topological polar surface area (TPSA) is 73.4 Å². The summed E-state index contributed by atoms with van der Waals surface area (Å²) in [4.78, 5) is 20.1. The normalized spacial score (nSPS) is 23.9. The van der Waals surface area contributed by atoms with Crippen molar-refractivity contribution in [2.24, 2.45) is 0 Å². The first-order valence-corrected chi connectivity index (χ1v) is 15.8. The average molecular weight is 606 g/mol. The third kappa shape index (κ3) is 7.87. The van der Waals surface area contributed by atoms with Crippen molar-refractivity contribution in [2.45, 2.75) is 74.8 Å². The number of sulfonamides is 1. The van der Waals surface area contributed by atoms with E-state index in [2.05, 4.69) is 16.8 Å². The molecule has 3 saturated heterocycles. The van der Waals surface area contributed by atoms with E-state index in [4.69, 9.17) is 4.74 Å². The van der Waals surface area contributed by atoms with E-state index in [1.807, 2.05) is 17.0 Å². The molecule has 1 amide bonds. The van der Waals surface area contributed by atoms with Gasteiger partial charge in [0.25, 0.3) is 0 Å². The number of likely N-dealkylation sites (tertiary alicyclic amines) is 1. The Morgan fingerprint density at radius 2 is 1.56 bits per heavy atom. The second-order valence-electron chi connectivity index (χ2n) is 11.4. The van der Waals surface area contributed by atoms with Crippen LogP contribution in [0.4, 0.5) is 0 Å². The highest BCUT2D eigenvalue weighted by molar-refractivity contribution is 7.89. The van der Waals surface area contributed by atoms with Gasteiger partial charge in [-0.05, 0) is 94.8 Å². The number of ether oxygens (including phenoxy) is 1. The Morgan fingerprint density at radius 3 is 2.28 bits per heavy atom. The molecule has 3 heterocycles. The minimum Gasteiger partial charge on any atom is -0.370 e.